The topological polar surface area (TPSA) is 29.1 Å². The fraction of sp³-hybridized carbons (Fsp3) is 0.0714. The summed E-state index contributed by atoms with van der Waals surface area (Å²) < 4.78 is 38.3. The number of carbonyl (C=O) groups is 1. The molecule has 7 heteroatoms. The van der Waals surface area contributed by atoms with Gasteiger partial charge in [-0.05, 0) is 46.3 Å². The minimum Gasteiger partial charge on any atom is -0.321 e. The lowest BCUT2D eigenvalue weighted by molar-refractivity contribution is -0.137. The van der Waals surface area contributed by atoms with Gasteiger partial charge in [-0.1, -0.05) is 23.7 Å². The molecule has 2 aromatic rings. The quantitative estimate of drug-likeness (QED) is 0.747. The van der Waals surface area contributed by atoms with E-state index < -0.39 is 17.6 Å². The highest BCUT2D eigenvalue weighted by molar-refractivity contribution is 9.10. The number of hydrogen-bond acceptors (Lipinski definition) is 1. The van der Waals surface area contributed by atoms with Crippen LogP contribution in [0.2, 0.25) is 5.02 Å². The highest BCUT2D eigenvalue weighted by Crippen LogP contribution is 2.32. The Kier molecular flexibility index (Phi) is 4.58. The second-order valence-electron chi connectivity index (χ2n) is 4.13. The van der Waals surface area contributed by atoms with Crippen LogP contribution in [0.1, 0.15) is 15.9 Å². The van der Waals surface area contributed by atoms with Crippen LogP contribution in [-0.4, -0.2) is 5.91 Å². The van der Waals surface area contributed by atoms with Gasteiger partial charge >= 0.3 is 6.18 Å². The van der Waals surface area contributed by atoms with Crippen LogP contribution in [0.4, 0.5) is 18.9 Å². The Morgan fingerprint density at radius 2 is 1.81 bits per heavy atom. The van der Waals surface area contributed by atoms with E-state index in [1.54, 1.807) is 24.3 Å². The number of carbonyl (C=O) groups excluding carboxylic acids is 1. The minimum atomic E-state index is -4.51. The lowest BCUT2D eigenvalue weighted by Crippen LogP contribution is -2.15. The molecule has 0 aromatic heterocycles. The molecule has 1 N–H and O–H groups in total. The smallest absolute Gasteiger partial charge is 0.321 e. The first-order chi connectivity index (χ1) is 9.79. The van der Waals surface area contributed by atoms with Gasteiger partial charge in [-0.2, -0.15) is 13.2 Å². The van der Waals surface area contributed by atoms with Crippen molar-refractivity contribution in [2.75, 3.05) is 5.32 Å². The van der Waals surface area contributed by atoms with Crippen molar-refractivity contribution < 1.29 is 18.0 Å². The number of para-hydroxylation sites is 1. The summed E-state index contributed by atoms with van der Waals surface area (Å²) in [5.74, 6) is -0.680. The van der Waals surface area contributed by atoms with E-state index in [0.717, 1.165) is 12.1 Å². The highest BCUT2D eigenvalue weighted by Gasteiger charge is 2.31. The Morgan fingerprint density at radius 3 is 2.43 bits per heavy atom. The fourth-order valence-electron chi connectivity index (χ4n) is 1.63. The Labute approximate surface area is 132 Å². The van der Waals surface area contributed by atoms with Crippen molar-refractivity contribution >= 4 is 39.1 Å². The standard InChI is InChI=1S/C14H8BrClF3NO/c15-10-6-5-8(14(17,18)19)7-9(10)13(21)20-12-4-2-1-3-11(12)16/h1-7H,(H,20,21). The number of benzene rings is 2. The van der Waals surface area contributed by atoms with Gasteiger partial charge in [-0.3, -0.25) is 4.79 Å². The molecule has 0 aliphatic heterocycles. The molecule has 0 radical (unpaired) electrons. The third kappa shape index (κ3) is 3.77. The van der Waals surface area contributed by atoms with E-state index in [1.165, 1.54) is 6.07 Å². The fourth-order valence-corrected chi connectivity index (χ4v) is 2.24. The first kappa shape index (κ1) is 15.9. The number of anilines is 1. The van der Waals surface area contributed by atoms with Gasteiger partial charge in [0, 0.05) is 4.47 Å². The second kappa shape index (κ2) is 6.07. The molecule has 0 spiro atoms. The van der Waals surface area contributed by atoms with Crippen LogP contribution in [0.5, 0.6) is 0 Å². The van der Waals surface area contributed by atoms with Gasteiger partial charge in [0.25, 0.3) is 5.91 Å². The maximum absolute atomic E-state index is 12.7. The number of amides is 1. The van der Waals surface area contributed by atoms with E-state index in [2.05, 4.69) is 21.2 Å². The van der Waals surface area contributed by atoms with Crippen LogP contribution < -0.4 is 5.32 Å². The average molecular weight is 379 g/mol. The number of alkyl halides is 3. The van der Waals surface area contributed by atoms with Crippen LogP contribution in [0.25, 0.3) is 0 Å². The molecule has 2 aromatic carbocycles. The van der Waals surface area contributed by atoms with E-state index in [-0.39, 0.29) is 10.0 Å². The van der Waals surface area contributed by atoms with Crippen molar-refractivity contribution in [1.82, 2.24) is 0 Å². The van der Waals surface area contributed by atoms with E-state index in [0.29, 0.717) is 10.7 Å². The van der Waals surface area contributed by atoms with Gasteiger partial charge in [0.1, 0.15) is 0 Å². The molecule has 0 saturated heterocycles. The Balaban J connectivity index is 2.33. The van der Waals surface area contributed by atoms with Crippen LogP contribution in [0.15, 0.2) is 46.9 Å². The number of halogens is 5. The van der Waals surface area contributed by atoms with Crippen LogP contribution in [0, 0.1) is 0 Å². The summed E-state index contributed by atoms with van der Waals surface area (Å²) in [6, 6.07) is 9.33. The van der Waals surface area contributed by atoms with Crippen molar-refractivity contribution in [3.8, 4) is 0 Å². The summed E-state index contributed by atoms with van der Waals surface area (Å²) in [6.45, 7) is 0. The molecule has 0 unspecified atom stereocenters. The zero-order chi connectivity index (χ0) is 15.6. The third-order valence-corrected chi connectivity index (χ3v) is 3.68. The van der Waals surface area contributed by atoms with Crippen LogP contribution in [-0.2, 0) is 6.18 Å². The molecular weight excluding hydrogens is 371 g/mol. The van der Waals surface area contributed by atoms with Crippen LogP contribution in [0.3, 0.4) is 0 Å². The molecule has 0 saturated carbocycles. The first-order valence-corrected chi connectivity index (χ1v) is 6.89. The Hall–Kier alpha value is -1.53. The van der Waals surface area contributed by atoms with Crippen molar-refractivity contribution in [3.63, 3.8) is 0 Å². The summed E-state index contributed by atoms with van der Waals surface area (Å²) in [7, 11) is 0. The number of nitrogens with one attached hydrogen (secondary N) is 1. The summed E-state index contributed by atoms with van der Waals surface area (Å²) in [5, 5.41) is 2.78. The molecular formula is C14H8BrClF3NO. The highest BCUT2D eigenvalue weighted by atomic mass is 79.9. The largest absolute Gasteiger partial charge is 0.416 e. The first-order valence-electron chi connectivity index (χ1n) is 5.71. The van der Waals surface area contributed by atoms with Crippen molar-refractivity contribution in [2.45, 2.75) is 6.18 Å². The molecule has 0 bridgehead atoms. The van der Waals surface area contributed by atoms with Crippen molar-refractivity contribution in [2.24, 2.45) is 0 Å². The molecule has 1 amide bonds. The molecule has 0 heterocycles. The van der Waals surface area contributed by atoms with Gasteiger partial charge in [0.2, 0.25) is 0 Å². The van der Waals surface area contributed by atoms with Crippen molar-refractivity contribution in [1.29, 1.82) is 0 Å². The Bertz CT molecular complexity index is 688. The number of rotatable bonds is 2. The van der Waals surface area contributed by atoms with Crippen molar-refractivity contribution in [3.05, 3.63) is 63.1 Å². The third-order valence-electron chi connectivity index (χ3n) is 2.66. The predicted octanol–water partition coefficient (Wildman–Crippen LogP) is 5.37. The predicted molar refractivity (Wildman–Crippen MR) is 78.5 cm³/mol. The summed E-state index contributed by atoms with van der Waals surface area (Å²) in [4.78, 5) is 12.1. The lowest BCUT2D eigenvalue weighted by Gasteiger charge is -2.11. The molecule has 21 heavy (non-hydrogen) atoms. The molecule has 0 aliphatic rings. The van der Waals surface area contributed by atoms with E-state index in [1.807, 2.05) is 0 Å². The monoisotopic (exact) mass is 377 g/mol. The summed E-state index contributed by atoms with van der Waals surface area (Å²) in [5.41, 5.74) is -0.687. The maximum atomic E-state index is 12.7. The zero-order valence-electron chi connectivity index (χ0n) is 10.3. The van der Waals surface area contributed by atoms with Crippen LogP contribution >= 0.6 is 27.5 Å². The molecule has 0 aliphatic carbocycles. The van der Waals surface area contributed by atoms with Gasteiger partial charge in [0.15, 0.2) is 0 Å². The van der Waals surface area contributed by atoms with Gasteiger partial charge < -0.3 is 5.32 Å². The summed E-state index contributed by atoms with van der Waals surface area (Å²) in [6.07, 6.45) is -4.51. The van der Waals surface area contributed by atoms with E-state index in [4.69, 9.17) is 11.6 Å². The van der Waals surface area contributed by atoms with E-state index >= 15 is 0 Å². The molecule has 2 rings (SSSR count). The SMILES string of the molecule is O=C(Nc1ccccc1Cl)c1cc(C(F)(F)F)ccc1Br. The molecule has 0 atom stereocenters. The molecule has 0 fully saturated rings. The van der Waals surface area contributed by atoms with Gasteiger partial charge in [-0.15, -0.1) is 0 Å². The second-order valence-corrected chi connectivity index (χ2v) is 5.39. The number of hydrogen-bond donors (Lipinski definition) is 1. The average Bonchev–Trinajstić information content (AvgIpc) is 2.40. The van der Waals surface area contributed by atoms with Gasteiger partial charge in [-0.25, -0.2) is 0 Å². The minimum absolute atomic E-state index is 0.121. The maximum Gasteiger partial charge on any atom is 0.416 e. The van der Waals surface area contributed by atoms with Gasteiger partial charge in [0.05, 0.1) is 21.8 Å². The van der Waals surface area contributed by atoms with E-state index in [9.17, 15) is 18.0 Å². The Morgan fingerprint density at radius 1 is 1.14 bits per heavy atom. The normalized spacial score (nSPS) is 11.3. The zero-order valence-corrected chi connectivity index (χ0v) is 12.7. The lowest BCUT2D eigenvalue weighted by atomic mass is 10.1. The molecule has 2 nitrogen and oxygen atoms in total. The molecule has 110 valence electrons. The summed E-state index contributed by atoms with van der Waals surface area (Å²) >= 11 is 8.96.